The van der Waals surface area contributed by atoms with Gasteiger partial charge in [-0.05, 0) is 101 Å². The topological polar surface area (TPSA) is 59.1 Å². The molecule has 206 valence electrons. The van der Waals surface area contributed by atoms with Gasteiger partial charge < -0.3 is 19.3 Å². The average Bonchev–Trinajstić information content (AvgIpc) is 3.10. The van der Waals surface area contributed by atoms with Gasteiger partial charge in [-0.15, -0.1) is 0 Å². The molecular formula is C30H46N2O4S. The van der Waals surface area contributed by atoms with E-state index >= 15 is 0 Å². The van der Waals surface area contributed by atoms with Crippen LogP contribution in [0.15, 0.2) is 46.2 Å². The molecule has 0 unspecified atom stereocenters. The summed E-state index contributed by atoms with van der Waals surface area (Å²) in [6.07, 6.45) is 6.50. The van der Waals surface area contributed by atoms with E-state index in [0.717, 1.165) is 77.8 Å². The number of benzene rings is 2. The second-order valence-electron chi connectivity index (χ2n) is 9.91. The van der Waals surface area contributed by atoms with E-state index in [1.54, 1.807) is 24.3 Å². The highest BCUT2D eigenvalue weighted by molar-refractivity contribution is 7.92. The molecule has 1 heterocycles. The first-order chi connectivity index (χ1) is 17.9. The molecule has 1 aliphatic rings. The number of fused-ring (bicyclic) bond motifs is 3. The second kappa shape index (κ2) is 14.7. The highest BCUT2D eigenvalue weighted by Crippen LogP contribution is 2.45. The largest absolute Gasteiger partial charge is 0.494 e. The van der Waals surface area contributed by atoms with Gasteiger partial charge in [0.2, 0.25) is 9.84 Å². The zero-order valence-corrected chi connectivity index (χ0v) is 24.1. The van der Waals surface area contributed by atoms with Crippen LogP contribution in [0.25, 0.3) is 11.1 Å². The summed E-state index contributed by atoms with van der Waals surface area (Å²) >= 11 is 0. The van der Waals surface area contributed by atoms with Crippen molar-refractivity contribution in [1.82, 2.24) is 9.80 Å². The molecule has 0 fully saturated rings. The average molecular weight is 531 g/mol. The molecule has 0 aromatic heterocycles. The van der Waals surface area contributed by atoms with Crippen LogP contribution in [0, 0.1) is 0 Å². The first-order valence-corrected chi connectivity index (χ1v) is 15.7. The normalized spacial score (nSPS) is 13.7. The predicted molar refractivity (Wildman–Crippen MR) is 152 cm³/mol. The summed E-state index contributed by atoms with van der Waals surface area (Å²) < 4.78 is 38.3. The molecule has 37 heavy (non-hydrogen) atoms. The Kier molecular flexibility index (Phi) is 11.7. The molecular weight excluding hydrogens is 484 g/mol. The highest BCUT2D eigenvalue weighted by Gasteiger charge is 2.33. The summed E-state index contributed by atoms with van der Waals surface area (Å²) in [5.41, 5.74) is 1.40. The van der Waals surface area contributed by atoms with E-state index in [2.05, 4.69) is 37.5 Å². The molecule has 0 amide bonds. The molecule has 0 radical (unpaired) electrons. The lowest BCUT2D eigenvalue weighted by Crippen LogP contribution is -2.27. The number of hydrogen-bond donors (Lipinski definition) is 0. The minimum atomic E-state index is -3.52. The quantitative estimate of drug-likeness (QED) is 0.180. The van der Waals surface area contributed by atoms with Crippen molar-refractivity contribution in [2.75, 3.05) is 52.5 Å². The molecule has 3 rings (SSSR count). The second-order valence-corrected chi connectivity index (χ2v) is 11.8. The number of ether oxygens (including phenoxy) is 2. The molecule has 0 aliphatic carbocycles. The smallest absolute Gasteiger partial charge is 0.207 e. The van der Waals surface area contributed by atoms with Gasteiger partial charge in [0.25, 0.3) is 0 Å². The van der Waals surface area contributed by atoms with Crippen molar-refractivity contribution in [2.45, 2.75) is 76.0 Å². The molecule has 7 heteroatoms. The van der Waals surface area contributed by atoms with Gasteiger partial charge in [0.1, 0.15) is 11.5 Å². The molecule has 2 aromatic rings. The maximum atomic E-state index is 13.1. The molecule has 0 saturated carbocycles. The van der Waals surface area contributed by atoms with Crippen molar-refractivity contribution in [3.63, 3.8) is 0 Å². The van der Waals surface area contributed by atoms with Crippen LogP contribution in [-0.4, -0.2) is 70.7 Å². The molecule has 0 bridgehead atoms. The van der Waals surface area contributed by atoms with Crippen LogP contribution in [0.1, 0.15) is 66.2 Å². The molecule has 6 nitrogen and oxygen atoms in total. The van der Waals surface area contributed by atoms with Gasteiger partial charge in [0.05, 0.1) is 23.0 Å². The van der Waals surface area contributed by atoms with Gasteiger partial charge in [0, 0.05) is 24.2 Å². The zero-order valence-electron chi connectivity index (χ0n) is 23.3. The Morgan fingerprint density at radius 3 is 1.32 bits per heavy atom. The van der Waals surface area contributed by atoms with Crippen molar-refractivity contribution < 1.29 is 17.9 Å². The van der Waals surface area contributed by atoms with E-state index in [-0.39, 0.29) is 0 Å². The van der Waals surface area contributed by atoms with Gasteiger partial charge >= 0.3 is 0 Å². The number of rotatable bonds is 18. The molecule has 2 aromatic carbocycles. The van der Waals surface area contributed by atoms with E-state index in [0.29, 0.717) is 45.6 Å². The van der Waals surface area contributed by atoms with Gasteiger partial charge in [-0.25, -0.2) is 8.42 Å². The number of hydrogen-bond acceptors (Lipinski definition) is 6. The lowest BCUT2D eigenvalue weighted by molar-refractivity contribution is 0.234. The zero-order chi connectivity index (χ0) is 26.7. The van der Waals surface area contributed by atoms with Crippen molar-refractivity contribution in [3.05, 3.63) is 36.4 Å². The fourth-order valence-electron chi connectivity index (χ4n) is 5.10. The van der Waals surface area contributed by atoms with Gasteiger partial charge in [-0.2, -0.15) is 0 Å². The van der Waals surface area contributed by atoms with Crippen LogP contribution in [-0.2, 0) is 9.84 Å². The van der Waals surface area contributed by atoms with E-state index in [1.807, 2.05) is 12.1 Å². The van der Waals surface area contributed by atoms with E-state index in [1.165, 1.54) is 0 Å². The summed E-state index contributed by atoms with van der Waals surface area (Å²) in [6, 6.07) is 10.6. The van der Waals surface area contributed by atoms with Crippen molar-refractivity contribution in [3.8, 4) is 22.6 Å². The predicted octanol–water partition coefficient (Wildman–Crippen LogP) is 6.28. The minimum Gasteiger partial charge on any atom is -0.494 e. The number of nitrogens with zero attached hydrogens (tertiary/aromatic N) is 2. The summed E-state index contributed by atoms with van der Waals surface area (Å²) in [5.74, 6) is 1.41. The van der Waals surface area contributed by atoms with Crippen LogP contribution in [0.5, 0.6) is 11.5 Å². The first kappa shape index (κ1) is 29.5. The van der Waals surface area contributed by atoms with E-state index in [9.17, 15) is 8.42 Å². The van der Waals surface area contributed by atoms with Crippen molar-refractivity contribution >= 4 is 9.84 Å². The molecule has 0 atom stereocenters. The van der Waals surface area contributed by atoms with Crippen molar-refractivity contribution in [1.29, 1.82) is 0 Å². The third-order valence-electron chi connectivity index (χ3n) is 6.71. The third-order valence-corrected chi connectivity index (χ3v) is 8.58. The fourth-order valence-corrected chi connectivity index (χ4v) is 6.75. The monoisotopic (exact) mass is 530 g/mol. The standard InChI is InChI=1S/C30H46N2O4S/c1-5-15-31(16-6-2)19-9-21-35-25-11-13-29-27(23-25)28-24-26(12-14-30(28)37(29,33)34)36-22-10-20-32(17-7-3)18-8-4/h11-14,23-24H,5-10,15-22H2,1-4H3. The minimum absolute atomic E-state index is 0.346. The Balaban J connectivity index is 1.63. The van der Waals surface area contributed by atoms with Crippen LogP contribution in [0.2, 0.25) is 0 Å². The van der Waals surface area contributed by atoms with Crippen LogP contribution < -0.4 is 9.47 Å². The van der Waals surface area contributed by atoms with Crippen LogP contribution in [0.3, 0.4) is 0 Å². The highest BCUT2D eigenvalue weighted by atomic mass is 32.2. The van der Waals surface area contributed by atoms with Gasteiger partial charge in [0.15, 0.2) is 0 Å². The third kappa shape index (κ3) is 7.95. The Hall–Kier alpha value is -2.09. The van der Waals surface area contributed by atoms with E-state index < -0.39 is 9.84 Å². The molecule has 0 spiro atoms. The maximum Gasteiger partial charge on any atom is 0.207 e. The maximum absolute atomic E-state index is 13.1. The SMILES string of the molecule is CCCN(CCC)CCCOc1ccc2c(c1)-c1cc(OCCCN(CCC)CCC)ccc1S2(=O)=O. The fraction of sp³-hybridized carbons (Fsp3) is 0.600. The molecule has 0 N–H and O–H groups in total. The Morgan fingerprint density at radius 1 is 0.595 bits per heavy atom. The number of sulfone groups is 1. The molecule has 0 saturated heterocycles. The Labute approximate surface area is 224 Å². The Morgan fingerprint density at radius 2 is 0.973 bits per heavy atom. The summed E-state index contributed by atoms with van der Waals surface area (Å²) in [6.45, 7) is 16.5. The van der Waals surface area contributed by atoms with Crippen molar-refractivity contribution in [2.24, 2.45) is 0 Å². The van der Waals surface area contributed by atoms with Gasteiger partial charge in [-0.1, -0.05) is 27.7 Å². The Bertz CT molecular complexity index is 995. The first-order valence-electron chi connectivity index (χ1n) is 14.2. The summed E-state index contributed by atoms with van der Waals surface area (Å²) in [4.78, 5) is 5.64. The summed E-state index contributed by atoms with van der Waals surface area (Å²) in [7, 11) is -3.52. The lowest BCUT2D eigenvalue weighted by atomic mass is 10.1. The lowest BCUT2D eigenvalue weighted by Gasteiger charge is -2.20. The van der Waals surface area contributed by atoms with Crippen LogP contribution >= 0.6 is 0 Å². The summed E-state index contributed by atoms with van der Waals surface area (Å²) in [5, 5.41) is 0. The van der Waals surface area contributed by atoms with E-state index in [4.69, 9.17) is 9.47 Å². The van der Waals surface area contributed by atoms with Gasteiger partial charge in [-0.3, -0.25) is 0 Å². The van der Waals surface area contributed by atoms with Crippen LogP contribution in [0.4, 0.5) is 0 Å². The molecule has 1 aliphatic heterocycles.